The third-order valence-electron chi connectivity index (χ3n) is 4.83. The Labute approximate surface area is 181 Å². The third kappa shape index (κ3) is 4.10. The molecule has 154 valence electrons. The van der Waals surface area contributed by atoms with Gasteiger partial charge in [-0.05, 0) is 48.0 Å². The van der Waals surface area contributed by atoms with Crippen LogP contribution in [0.4, 0.5) is 15.8 Å². The summed E-state index contributed by atoms with van der Waals surface area (Å²) in [6.45, 7) is 0.529. The molecule has 0 atom stereocenters. The molecule has 0 fully saturated rings. The molecule has 2 aromatic carbocycles. The van der Waals surface area contributed by atoms with Gasteiger partial charge in [0.05, 0.1) is 29.8 Å². The molecular weight excluding hydrogens is 415 g/mol. The fourth-order valence-electron chi connectivity index (χ4n) is 3.35. The van der Waals surface area contributed by atoms with Gasteiger partial charge in [-0.2, -0.15) is 0 Å². The molecule has 2 aromatic heterocycles. The monoisotopic (exact) mass is 432 g/mol. The number of hydrogen-bond acceptors (Lipinski definition) is 5. The van der Waals surface area contributed by atoms with Crippen molar-refractivity contribution in [2.75, 3.05) is 11.9 Å². The zero-order valence-electron chi connectivity index (χ0n) is 16.3. The summed E-state index contributed by atoms with van der Waals surface area (Å²) < 4.78 is 20.9. The summed E-state index contributed by atoms with van der Waals surface area (Å²) in [7, 11) is 0. The minimum atomic E-state index is -0.273. The van der Waals surface area contributed by atoms with E-state index in [9.17, 15) is 9.18 Å². The molecule has 8 heteroatoms. The highest BCUT2D eigenvalue weighted by Crippen LogP contribution is 2.33. The highest BCUT2D eigenvalue weighted by molar-refractivity contribution is 7.07. The molecule has 31 heavy (non-hydrogen) atoms. The van der Waals surface area contributed by atoms with Crippen LogP contribution in [-0.4, -0.2) is 22.1 Å². The van der Waals surface area contributed by atoms with E-state index in [0.717, 1.165) is 27.3 Å². The van der Waals surface area contributed by atoms with Crippen LogP contribution in [-0.2, 0) is 11.3 Å². The van der Waals surface area contributed by atoms with E-state index in [1.165, 1.54) is 23.5 Å². The fraction of sp³-hybridized carbons (Fsp3) is 0.0870. The molecule has 0 bridgehead atoms. The first-order valence-electron chi connectivity index (χ1n) is 9.60. The standard InChI is InChI=1S/C23H17FN4O2S/c24-17-6-3-15(4-7-17)12-28-20(14-31-23(28)26-18-2-1-9-25-11-18)16-5-8-21-19(10-16)27-22(29)13-30-21/h1-11,14H,12-13H2,(H,27,29). The maximum Gasteiger partial charge on any atom is 0.262 e. The Morgan fingerprint density at radius 3 is 2.87 bits per heavy atom. The van der Waals surface area contributed by atoms with E-state index >= 15 is 0 Å². The second kappa shape index (κ2) is 8.16. The quantitative estimate of drug-likeness (QED) is 0.521. The molecule has 1 amide bonds. The van der Waals surface area contributed by atoms with Gasteiger partial charge in [-0.25, -0.2) is 9.38 Å². The van der Waals surface area contributed by atoms with Gasteiger partial charge in [0.2, 0.25) is 0 Å². The lowest BCUT2D eigenvalue weighted by atomic mass is 10.1. The number of halogens is 1. The predicted molar refractivity (Wildman–Crippen MR) is 117 cm³/mol. The molecule has 4 aromatic rings. The van der Waals surface area contributed by atoms with Gasteiger partial charge in [0.15, 0.2) is 11.4 Å². The Kier molecular flexibility index (Phi) is 5.05. The molecule has 0 saturated carbocycles. The van der Waals surface area contributed by atoms with Crippen molar-refractivity contribution in [1.82, 2.24) is 9.55 Å². The van der Waals surface area contributed by atoms with Gasteiger partial charge in [-0.3, -0.25) is 9.78 Å². The molecule has 0 radical (unpaired) electrons. The normalized spacial score (nSPS) is 13.5. The molecule has 1 aliphatic heterocycles. The lowest BCUT2D eigenvalue weighted by molar-refractivity contribution is -0.118. The first-order chi connectivity index (χ1) is 15.2. The van der Waals surface area contributed by atoms with Gasteiger partial charge in [0, 0.05) is 17.1 Å². The maximum atomic E-state index is 13.4. The van der Waals surface area contributed by atoms with Crippen LogP contribution in [0, 0.1) is 5.82 Å². The Morgan fingerprint density at radius 2 is 2.06 bits per heavy atom. The van der Waals surface area contributed by atoms with Gasteiger partial charge in [0.25, 0.3) is 5.91 Å². The van der Waals surface area contributed by atoms with Crippen molar-refractivity contribution in [3.63, 3.8) is 0 Å². The fourth-order valence-corrected chi connectivity index (χ4v) is 4.28. The number of aromatic nitrogens is 2. The summed E-state index contributed by atoms with van der Waals surface area (Å²) in [4.78, 5) is 21.4. The van der Waals surface area contributed by atoms with Crippen LogP contribution in [0.3, 0.4) is 0 Å². The number of nitrogens with zero attached hydrogens (tertiary/aromatic N) is 3. The van der Waals surface area contributed by atoms with Crippen LogP contribution in [0.2, 0.25) is 0 Å². The second-order valence-electron chi connectivity index (χ2n) is 6.99. The first-order valence-corrected chi connectivity index (χ1v) is 10.5. The minimum absolute atomic E-state index is 0.0174. The van der Waals surface area contributed by atoms with Crippen molar-refractivity contribution < 1.29 is 13.9 Å². The SMILES string of the molecule is O=C1COc2ccc(-c3csc(=Nc4cccnc4)n3Cc3ccc(F)cc3)cc2N1. The van der Waals surface area contributed by atoms with Gasteiger partial charge in [-0.15, -0.1) is 11.3 Å². The molecule has 1 N–H and O–H groups in total. The van der Waals surface area contributed by atoms with Crippen LogP contribution in [0.15, 0.2) is 77.4 Å². The van der Waals surface area contributed by atoms with Crippen LogP contribution in [0.5, 0.6) is 5.75 Å². The van der Waals surface area contributed by atoms with Crippen LogP contribution in [0.25, 0.3) is 11.3 Å². The molecular formula is C23H17FN4O2S. The van der Waals surface area contributed by atoms with Crippen LogP contribution >= 0.6 is 11.3 Å². The number of rotatable bonds is 4. The average Bonchev–Trinajstić information content (AvgIpc) is 3.17. The smallest absolute Gasteiger partial charge is 0.262 e. The van der Waals surface area contributed by atoms with Gasteiger partial charge < -0.3 is 14.6 Å². The molecule has 0 aliphatic carbocycles. The van der Waals surface area contributed by atoms with E-state index in [1.807, 2.05) is 35.7 Å². The highest BCUT2D eigenvalue weighted by Gasteiger charge is 2.18. The number of benzene rings is 2. The number of thiazole rings is 1. The van der Waals surface area contributed by atoms with Gasteiger partial charge >= 0.3 is 0 Å². The number of hydrogen-bond donors (Lipinski definition) is 1. The molecule has 0 unspecified atom stereocenters. The summed E-state index contributed by atoms with van der Waals surface area (Å²) in [5, 5.41) is 4.87. The third-order valence-corrected chi connectivity index (χ3v) is 5.69. The lowest BCUT2D eigenvalue weighted by Crippen LogP contribution is -2.25. The Hall–Kier alpha value is -3.78. The topological polar surface area (TPSA) is 68.5 Å². The number of ether oxygens (including phenoxy) is 1. The number of anilines is 1. The summed E-state index contributed by atoms with van der Waals surface area (Å²) in [5.41, 5.74) is 4.17. The van der Waals surface area contributed by atoms with Gasteiger partial charge in [0.1, 0.15) is 11.6 Å². The van der Waals surface area contributed by atoms with E-state index in [2.05, 4.69) is 14.9 Å². The van der Waals surface area contributed by atoms with Crippen molar-refractivity contribution in [3.8, 4) is 17.0 Å². The van der Waals surface area contributed by atoms with Crippen molar-refractivity contribution >= 4 is 28.6 Å². The van der Waals surface area contributed by atoms with Gasteiger partial charge in [-0.1, -0.05) is 12.1 Å². The number of carbonyl (C=O) groups is 1. The minimum Gasteiger partial charge on any atom is -0.482 e. The molecule has 3 heterocycles. The van der Waals surface area contributed by atoms with E-state index < -0.39 is 0 Å². The second-order valence-corrected chi connectivity index (χ2v) is 7.82. The maximum absolute atomic E-state index is 13.4. The Balaban J connectivity index is 1.62. The Bertz CT molecular complexity index is 1310. The van der Waals surface area contributed by atoms with Crippen LogP contribution in [0.1, 0.15) is 5.56 Å². The lowest BCUT2D eigenvalue weighted by Gasteiger charge is -2.19. The van der Waals surface area contributed by atoms with Crippen molar-refractivity contribution in [2.24, 2.45) is 4.99 Å². The zero-order chi connectivity index (χ0) is 21.2. The molecule has 0 spiro atoms. The predicted octanol–water partition coefficient (Wildman–Crippen LogP) is 4.36. The number of fused-ring (bicyclic) bond motifs is 1. The largest absolute Gasteiger partial charge is 0.482 e. The van der Waals surface area contributed by atoms with E-state index in [0.29, 0.717) is 18.0 Å². The molecule has 0 saturated heterocycles. The van der Waals surface area contributed by atoms with Crippen LogP contribution < -0.4 is 14.9 Å². The Morgan fingerprint density at radius 1 is 1.19 bits per heavy atom. The number of carbonyl (C=O) groups excluding carboxylic acids is 1. The summed E-state index contributed by atoms with van der Waals surface area (Å²) >= 11 is 1.50. The zero-order valence-corrected chi connectivity index (χ0v) is 17.1. The molecule has 5 rings (SSSR count). The summed E-state index contributed by atoms with van der Waals surface area (Å²) in [5.74, 6) is 0.190. The number of amides is 1. The molecule has 1 aliphatic rings. The molecule has 6 nitrogen and oxygen atoms in total. The summed E-state index contributed by atoms with van der Waals surface area (Å²) in [6.07, 6.45) is 3.41. The number of nitrogens with one attached hydrogen (secondary N) is 1. The average molecular weight is 432 g/mol. The van der Waals surface area contributed by atoms with E-state index in [4.69, 9.17) is 9.73 Å². The van der Waals surface area contributed by atoms with Crippen molar-refractivity contribution in [1.29, 1.82) is 0 Å². The van der Waals surface area contributed by atoms with E-state index in [1.54, 1.807) is 24.5 Å². The van der Waals surface area contributed by atoms with Crippen molar-refractivity contribution in [2.45, 2.75) is 6.54 Å². The number of pyridine rings is 1. The first kappa shape index (κ1) is 19.2. The van der Waals surface area contributed by atoms with Crippen molar-refractivity contribution in [3.05, 3.63) is 88.6 Å². The van der Waals surface area contributed by atoms with E-state index in [-0.39, 0.29) is 18.3 Å². The summed E-state index contributed by atoms with van der Waals surface area (Å²) in [6, 6.07) is 15.8. The highest BCUT2D eigenvalue weighted by atomic mass is 32.1.